The highest BCUT2D eigenvalue weighted by Crippen LogP contribution is 2.28. The maximum atomic E-state index is 13.2. The summed E-state index contributed by atoms with van der Waals surface area (Å²) in [7, 11) is -3.69. The van der Waals surface area contributed by atoms with Gasteiger partial charge in [0.05, 0.1) is 4.90 Å². The van der Waals surface area contributed by atoms with Crippen molar-refractivity contribution >= 4 is 27.5 Å². The van der Waals surface area contributed by atoms with Gasteiger partial charge in [0.15, 0.2) is 0 Å². The molecule has 0 aliphatic carbocycles. The minimum atomic E-state index is -3.69. The second kappa shape index (κ2) is 9.20. The fourth-order valence-electron chi connectivity index (χ4n) is 3.80. The van der Waals surface area contributed by atoms with Crippen molar-refractivity contribution in [2.45, 2.75) is 51.5 Å². The van der Waals surface area contributed by atoms with Crippen LogP contribution in [0, 0.1) is 27.7 Å². The summed E-state index contributed by atoms with van der Waals surface area (Å²) in [6.45, 7) is 7.91. The van der Waals surface area contributed by atoms with Gasteiger partial charge in [0.1, 0.15) is 0 Å². The van der Waals surface area contributed by atoms with Gasteiger partial charge in [0.25, 0.3) is 0 Å². The molecule has 166 valence electrons. The third-order valence-electron chi connectivity index (χ3n) is 5.81. The number of carbonyl (C=O) groups excluding carboxylic acids is 2. The van der Waals surface area contributed by atoms with Gasteiger partial charge in [-0.3, -0.25) is 9.59 Å². The molecule has 0 saturated carbocycles. The van der Waals surface area contributed by atoms with Gasteiger partial charge in [-0.05, 0) is 74.9 Å². The number of carbonyl (C=O) groups is 2. The molecular weight excluding hydrogens is 414 g/mol. The molecule has 1 atom stereocenters. The minimum Gasteiger partial charge on any atom is -0.346 e. The van der Waals surface area contributed by atoms with Crippen LogP contribution < -0.4 is 10.6 Å². The summed E-state index contributed by atoms with van der Waals surface area (Å²) < 4.78 is 27.9. The Hall–Kier alpha value is -2.71. The lowest BCUT2D eigenvalue weighted by molar-refractivity contribution is -0.136. The number of aryl methyl sites for hydroxylation is 3. The molecule has 0 unspecified atom stereocenters. The topological polar surface area (TPSA) is 95.6 Å². The summed E-state index contributed by atoms with van der Waals surface area (Å²) in [5.41, 5.74) is 4.05. The molecule has 1 aliphatic heterocycles. The Kier molecular flexibility index (Phi) is 6.81. The van der Waals surface area contributed by atoms with E-state index in [2.05, 4.69) is 10.6 Å². The van der Waals surface area contributed by atoms with Crippen molar-refractivity contribution in [3.05, 3.63) is 58.7 Å². The molecule has 2 amide bonds. The van der Waals surface area contributed by atoms with Crippen molar-refractivity contribution in [3.63, 3.8) is 0 Å². The average Bonchev–Trinajstić information content (AvgIpc) is 3.21. The maximum Gasteiger partial charge on any atom is 0.313 e. The summed E-state index contributed by atoms with van der Waals surface area (Å²) in [6.07, 6.45) is 1.34. The van der Waals surface area contributed by atoms with Gasteiger partial charge in [0, 0.05) is 24.8 Å². The number of hydrogen-bond donors (Lipinski definition) is 2. The van der Waals surface area contributed by atoms with Gasteiger partial charge in [-0.1, -0.05) is 24.3 Å². The molecule has 1 saturated heterocycles. The zero-order valence-corrected chi connectivity index (χ0v) is 19.2. The molecule has 1 fully saturated rings. The van der Waals surface area contributed by atoms with E-state index in [9.17, 15) is 18.0 Å². The fraction of sp³-hybridized carbons (Fsp3) is 0.391. The number of rotatable bonds is 5. The Balaban J connectivity index is 1.67. The van der Waals surface area contributed by atoms with E-state index in [1.807, 2.05) is 39.0 Å². The first kappa shape index (κ1) is 23.0. The molecule has 0 bridgehead atoms. The van der Waals surface area contributed by atoms with Crippen molar-refractivity contribution < 1.29 is 18.0 Å². The highest BCUT2D eigenvalue weighted by Gasteiger charge is 2.36. The van der Waals surface area contributed by atoms with Crippen molar-refractivity contribution in [2.24, 2.45) is 0 Å². The molecule has 0 aromatic heterocycles. The van der Waals surface area contributed by atoms with Crippen molar-refractivity contribution in [3.8, 4) is 0 Å². The Morgan fingerprint density at radius 1 is 1.03 bits per heavy atom. The number of anilines is 1. The van der Waals surface area contributed by atoms with E-state index in [-0.39, 0.29) is 12.6 Å². The van der Waals surface area contributed by atoms with E-state index in [1.54, 1.807) is 25.1 Å². The largest absolute Gasteiger partial charge is 0.346 e. The number of nitrogens with zero attached hydrogens (tertiary/aromatic N) is 1. The maximum absolute atomic E-state index is 13.2. The first-order valence-electron chi connectivity index (χ1n) is 10.4. The quantitative estimate of drug-likeness (QED) is 0.695. The highest BCUT2D eigenvalue weighted by molar-refractivity contribution is 7.89. The zero-order valence-electron chi connectivity index (χ0n) is 18.4. The summed E-state index contributed by atoms with van der Waals surface area (Å²) >= 11 is 0. The first-order chi connectivity index (χ1) is 14.6. The predicted octanol–water partition coefficient (Wildman–Crippen LogP) is 2.83. The van der Waals surface area contributed by atoms with E-state index in [1.165, 1.54) is 4.31 Å². The Morgan fingerprint density at radius 3 is 2.52 bits per heavy atom. The normalized spacial score (nSPS) is 16.8. The molecule has 2 aromatic rings. The van der Waals surface area contributed by atoms with E-state index in [0.29, 0.717) is 35.5 Å². The SMILES string of the molecule is Cc1ccc(C)c(S(=O)(=O)N2CCC[C@H]2CNC(=O)C(=O)Nc2cccc(C)c2C)c1. The highest BCUT2D eigenvalue weighted by atomic mass is 32.2. The van der Waals surface area contributed by atoms with Crippen LogP contribution in [0.25, 0.3) is 0 Å². The molecule has 7 nitrogen and oxygen atoms in total. The van der Waals surface area contributed by atoms with Gasteiger partial charge in [-0.15, -0.1) is 0 Å². The molecule has 8 heteroatoms. The fourth-order valence-corrected chi connectivity index (χ4v) is 5.80. The zero-order chi connectivity index (χ0) is 22.8. The lowest BCUT2D eigenvalue weighted by atomic mass is 10.1. The molecule has 0 radical (unpaired) electrons. The van der Waals surface area contributed by atoms with Gasteiger partial charge in [0.2, 0.25) is 10.0 Å². The summed E-state index contributed by atoms with van der Waals surface area (Å²) in [6, 6.07) is 10.4. The number of amides is 2. The first-order valence-corrected chi connectivity index (χ1v) is 11.8. The second-order valence-corrected chi connectivity index (χ2v) is 9.95. The number of sulfonamides is 1. The molecule has 1 heterocycles. The van der Waals surface area contributed by atoms with Gasteiger partial charge < -0.3 is 10.6 Å². The molecule has 3 rings (SSSR count). The number of benzene rings is 2. The third-order valence-corrected chi connectivity index (χ3v) is 7.90. The second-order valence-electron chi connectivity index (χ2n) is 8.09. The van der Waals surface area contributed by atoms with Crippen LogP contribution in [0.4, 0.5) is 5.69 Å². The van der Waals surface area contributed by atoms with Gasteiger partial charge in [-0.2, -0.15) is 4.31 Å². The Morgan fingerprint density at radius 2 is 1.77 bits per heavy atom. The predicted molar refractivity (Wildman–Crippen MR) is 120 cm³/mol. The molecular formula is C23H29N3O4S. The lowest BCUT2D eigenvalue weighted by Gasteiger charge is -2.25. The van der Waals surface area contributed by atoms with Crippen LogP contribution in [0.3, 0.4) is 0 Å². The van der Waals surface area contributed by atoms with Crippen molar-refractivity contribution in [2.75, 3.05) is 18.4 Å². The Bertz CT molecular complexity index is 1110. The van der Waals surface area contributed by atoms with Crippen LogP contribution in [0.2, 0.25) is 0 Å². The van der Waals surface area contributed by atoms with E-state index in [0.717, 1.165) is 16.7 Å². The van der Waals surface area contributed by atoms with Crippen LogP contribution in [0.5, 0.6) is 0 Å². The van der Waals surface area contributed by atoms with Gasteiger partial charge >= 0.3 is 11.8 Å². The van der Waals surface area contributed by atoms with Crippen LogP contribution in [0.1, 0.15) is 35.1 Å². The number of hydrogen-bond acceptors (Lipinski definition) is 4. The lowest BCUT2D eigenvalue weighted by Crippen LogP contribution is -2.45. The van der Waals surface area contributed by atoms with Crippen LogP contribution in [-0.2, 0) is 19.6 Å². The van der Waals surface area contributed by atoms with Crippen LogP contribution in [-0.4, -0.2) is 43.7 Å². The molecule has 0 spiro atoms. The number of nitrogens with one attached hydrogen (secondary N) is 2. The molecule has 1 aliphatic rings. The average molecular weight is 444 g/mol. The Labute approximate surface area is 183 Å². The molecule has 2 aromatic carbocycles. The standard InChI is InChI=1S/C23H29N3O4S/c1-15-10-11-17(3)21(13-15)31(29,30)26-12-6-8-19(26)14-24-22(27)23(28)25-20-9-5-7-16(2)18(20)4/h5,7,9-11,13,19H,6,8,12,14H2,1-4H3,(H,24,27)(H,25,28)/t19-/m0/s1. The molecule has 31 heavy (non-hydrogen) atoms. The minimum absolute atomic E-state index is 0.0865. The van der Waals surface area contributed by atoms with E-state index < -0.39 is 21.8 Å². The third kappa shape index (κ3) is 4.97. The van der Waals surface area contributed by atoms with Crippen LogP contribution in [0.15, 0.2) is 41.3 Å². The monoisotopic (exact) mass is 443 g/mol. The van der Waals surface area contributed by atoms with Crippen LogP contribution >= 0.6 is 0 Å². The summed E-state index contributed by atoms with van der Waals surface area (Å²) in [4.78, 5) is 24.9. The van der Waals surface area contributed by atoms with Crippen molar-refractivity contribution in [1.29, 1.82) is 0 Å². The smallest absolute Gasteiger partial charge is 0.313 e. The van der Waals surface area contributed by atoms with Crippen molar-refractivity contribution in [1.82, 2.24) is 9.62 Å². The summed E-state index contributed by atoms with van der Waals surface area (Å²) in [5.74, 6) is -1.55. The van der Waals surface area contributed by atoms with E-state index in [4.69, 9.17) is 0 Å². The molecule has 2 N–H and O–H groups in total. The summed E-state index contributed by atoms with van der Waals surface area (Å²) in [5, 5.41) is 5.23. The van der Waals surface area contributed by atoms with E-state index >= 15 is 0 Å². The van der Waals surface area contributed by atoms with Gasteiger partial charge in [-0.25, -0.2) is 8.42 Å².